The molecular formula is C17H30N4. The van der Waals surface area contributed by atoms with Crippen LogP contribution in [-0.4, -0.2) is 38.8 Å². The van der Waals surface area contributed by atoms with Crippen LogP contribution in [0.5, 0.6) is 0 Å². The highest BCUT2D eigenvalue weighted by atomic mass is 15.3. The van der Waals surface area contributed by atoms with Crippen molar-refractivity contribution in [3.8, 4) is 0 Å². The molecule has 1 saturated carbocycles. The zero-order chi connectivity index (χ0) is 15.1. The van der Waals surface area contributed by atoms with Crippen molar-refractivity contribution < 1.29 is 0 Å². The van der Waals surface area contributed by atoms with Crippen molar-refractivity contribution in [2.45, 2.75) is 64.1 Å². The van der Waals surface area contributed by atoms with E-state index in [4.69, 9.17) is 0 Å². The first-order valence-corrected chi connectivity index (χ1v) is 8.50. The topological polar surface area (TPSA) is 33.1 Å². The van der Waals surface area contributed by atoms with Crippen LogP contribution < -0.4 is 5.32 Å². The zero-order valence-electron chi connectivity index (χ0n) is 14.0. The van der Waals surface area contributed by atoms with Gasteiger partial charge in [0, 0.05) is 44.0 Å². The van der Waals surface area contributed by atoms with Gasteiger partial charge in [-0.05, 0) is 44.6 Å². The summed E-state index contributed by atoms with van der Waals surface area (Å²) >= 11 is 0. The van der Waals surface area contributed by atoms with Gasteiger partial charge >= 0.3 is 0 Å². The van der Waals surface area contributed by atoms with Crippen LogP contribution in [-0.2, 0) is 13.6 Å². The molecule has 118 valence electrons. The second-order valence-corrected chi connectivity index (χ2v) is 7.31. The smallest absolute Gasteiger partial charge is 0.0764 e. The van der Waals surface area contributed by atoms with Crippen LogP contribution in [0, 0.1) is 5.92 Å². The summed E-state index contributed by atoms with van der Waals surface area (Å²) in [5, 5.41) is 8.50. The lowest BCUT2D eigenvalue weighted by Crippen LogP contribution is -2.69. The standard InChI is InChI=1S/C17H30N4/c1-5-17(6-2)13-21(11-15-9-10-20(4)19-15)16(3,12-18-17)14-7-8-14/h9-10,14,18H,5-8,11-13H2,1-4H3. The number of hydrogen-bond acceptors (Lipinski definition) is 3. The fourth-order valence-corrected chi connectivity index (χ4v) is 3.89. The van der Waals surface area contributed by atoms with Gasteiger partial charge in [0.15, 0.2) is 0 Å². The van der Waals surface area contributed by atoms with E-state index in [1.165, 1.54) is 31.4 Å². The molecule has 0 aromatic carbocycles. The normalized spacial score (nSPS) is 29.7. The first kappa shape index (κ1) is 15.0. The summed E-state index contributed by atoms with van der Waals surface area (Å²) in [6.07, 6.45) is 7.23. The van der Waals surface area contributed by atoms with E-state index in [0.29, 0.717) is 5.54 Å². The number of aryl methyl sites for hydroxylation is 1. The first-order valence-electron chi connectivity index (χ1n) is 8.50. The van der Waals surface area contributed by atoms with E-state index in [0.717, 1.165) is 25.6 Å². The molecule has 3 rings (SSSR count). The molecule has 1 atom stereocenters. The maximum Gasteiger partial charge on any atom is 0.0764 e. The molecule has 2 heterocycles. The number of piperazine rings is 1. The summed E-state index contributed by atoms with van der Waals surface area (Å²) in [6.45, 7) is 10.3. The predicted molar refractivity (Wildman–Crippen MR) is 86.1 cm³/mol. The second kappa shape index (κ2) is 5.40. The Hall–Kier alpha value is -0.870. The maximum atomic E-state index is 4.60. The lowest BCUT2D eigenvalue weighted by atomic mass is 9.81. The summed E-state index contributed by atoms with van der Waals surface area (Å²) < 4.78 is 1.92. The van der Waals surface area contributed by atoms with E-state index < -0.39 is 0 Å². The average Bonchev–Trinajstić information content (AvgIpc) is 3.26. The molecule has 0 radical (unpaired) electrons. The van der Waals surface area contributed by atoms with E-state index in [1.54, 1.807) is 0 Å². The highest BCUT2D eigenvalue weighted by Crippen LogP contribution is 2.45. The fraction of sp³-hybridized carbons (Fsp3) is 0.824. The van der Waals surface area contributed by atoms with Gasteiger partial charge in [-0.3, -0.25) is 9.58 Å². The van der Waals surface area contributed by atoms with Gasteiger partial charge < -0.3 is 5.32 Å². The van der Waals surface area contributed by atoms with Crippen molar-refractivity contribution in [2.75, 3.05) is 13.1 Å². The minimum atomic E-state index is 0.281. The van der Waals surface area contributed by atoms with Crippen LogP contribution in [0.25, 0.3) is 0 Å². The summed E-state index contributed by atoms with van der Waals surface area (Å²) in [7, 11) is 2.00. The van der Waals surface area contributed by atoms with Crippen LogP contribution in [0.15, 0.2) is 12.3 Å². The Morgan fingerprint density at radius 2 is 2.05 bits per heavy atom. The summed E-state index contributed by atoms with van der Waals surface area (Å²) in [5.74, 6) is 0.862. The molecule has 0 bridgehead atoms. The Bertz CT molecular complexity index is 487. The third-order valence-corrected chi connectivity index (χ3v) is 5.97. The van der Waals surface area contributed by atoms with Crippen molar-refractivity contribution in [3.63, 3.8) is 0 Å². The number of nitrogens with zero attached hydrogens (tertiary/aromatic N) is 3. The van der Waals surface area contributed by atoms with Crippen molar-refractivity contribution >= 4 is 0 Å². The van der Waals surface area contributed by atoms with Gasteiger partial charge in [0.1, 0.15) is 0 Å². The first-order chi connectivity index (χ1) is 10.0. The van der Waals surface area contributed by atoms with Gasteiger partial charge in [-0.15, -0.1) is 0 Å². The molecule has 2 fully saturated rings. The second-order valence-electron chi connectivity index (χ2n) is 7.31. The van der Waals surface area contributed by atoms with E-state index in [1.807, 2.05) is 11.7 Å². The number of rotatable bonds is 5. The maximum absolute atomic E-state index is 4.60. The van der Waals surface area contributed by atoms with E-state index in [2.05, 4.69) is 48.3 Å². The summed E-state index contributed by atoms with van der Waals surface area (Å²) in [6, 6.07) is 2.16. The van der Waals surface area contributed by atoms with E-state index in [9.17, 15) is 0 Å². The van der Waals surface area contributed by atoms with Crippen LogP contribution >= 0.6 is 0 Å². The molecule has 21 heavy (non-hydrogen) atoms. The Balaban J connectivity index is 1.82. The molecule has 1 saturated heterocycles. The van der Waals surface area contributed by atoms with Gasteiger partial charge in [-0.2, -0.15) is 5.10 Å². The molecule has 1 unspecified atom stereocenters. The molecule has 2 aliphatic rings. The molecule has 4 nitrogen and oxygen atoms in total. The monoisotopic (exact) mass is 290 g/mol. The molecule has 0 amide bonds. The molecule has 4 heteroatoms. The zero-order valence-corrected chi connectivity index (χ0v) is 14.0. The Morgan fingerprint density at radius 1 is 1.33 bits per heavy atom. The molecule has 0 spiro atoms. The Labute approximate surface area is 128 Å². The molecule has 1 N–H and O–H groups in total. The van der Waals surface area contributed by atoms with Crippen LogP contribution in [0.3, 0.4) is 0 Å². The van der Waals surface area contributed by atoms with Crippen molar-refractivity contribution in [1.29, 1.82) is 0 Å². The highest BCUT2D eigenvalue weighted by molar-refractivity contribution is 5.11. The molecule has 1 aliphatic heterocycles. The van der Waals surface area contributed by atoms with Crippen LogP contribution in [0.1, 0.15) is 52.1 Å². The van der Waals surface area contributed by atoms with E-state index in [-0.39, 0.29) is 5.54 Å². The van der Waals surface area contributed by atoms with Gasteiger partial charge in [0.25, 0.3) is 0 Å². The van der Waals surface area contributed by atoms with E-state index >= 15 is 0 Å². The third kappa shape index (κ3) is 2.76. The number of aromatic nitrogens is 2. The quantitative estimate of drug-likeness (QED) is 0.905. The summed E-state index contributed by atoms with van der Waals surface area (Å²) in [5.41, 5.74) is 1.78. The lowest BCUT2D eigenvalue weighted by molar-refractivity contribution is -0.00933. The Kier molecular flexibility index (Phi) is 3.87. The van der Waals surface area contributed by atoms with Crippen molar-refractivity contribution in [3.05, 3.63) is 18.0 Å². The molecular weight excluding hydrogens is 260 g/mol. The molecule has 1 aromatic heterocycles. The highest BCUT2D eigenvalue weighted by Gasteiger charge is 2.51. The van der Waals surface area contributed by atoms with Gasteiger partial charge in [-0.1, -0.05) is 13.8 Å². The Morgan fingerprint density at radius 3 is 2.57 bits per heavy atom. The predicted octanol–water partition coefficient (Wildman–Crippen LogP) is 2.55. The largest absolute Gasteiger partial charge is 0.308 e. The fourth-order valence-electron chi connectivity index (χ4n) is 3.89. The van der Waals surface area contributed by atoms with Gasteiger partial charge in [0.05, 0.1) is 5.69 Å². The van der Waals surface area contributed by atoms with Crippen molar-refractivity contribution in [1.82, 2.24) is 20.0 Å². The molecule has 1 aliphatic carbocycles. The molecule has 1 aromatic rings. The minimum Gasteiger partial charge on any atom is -0.308 e. The minimum absolute atomic E-state index is 0.281. The van der Waals surface area contributed by atoms with Gasteiger partial charge in [0.2, 0.25) is 0 Å². The van der Waals surface area contributed by atoms with Crippen molar-refractivity contribution in [2.24, 2.45) is 13.0 Å². The SMILES string of the molecule is CCC1(CC)CN(Cc2ccn(C)n2)C(C)(C2CC2)CN1. The van der Waals surface area contributed by atoms with Crippen LogP contribution in [0.4, 0.5) is 0 Å². The average molecular weight is 290 g/mol. The summed E-state index contributed by atoms with van der Waals surface area (Å²) in [4.78, 5) is 2.72. The van der Waals surface area contributed by atoms with Crippen LogP contribution in [0.2, 0.25) is 0 Å². The number of nitrogens with one attached hydrogen (secondary N) is 1. The van der Waals surface area contributed by atoms with Gasteiger partial charge in [-0.25, -0.2) is 0 Å². The third-order valence-electron chi connectivity index (χ3n) is 5.97. The number of hydrogen-bond donors (Lipinski definition) is 1. The lowest BCUT2D eigenvalue weighted by Gasteiger charge is -2.53.